The van der Waals surface area contributed by atoms with E-state index < -0.39 is 5.95 Å². The molecule has 3 heterocycles. The van der Waals surface area contributed by atoms with Crippen molar-refractivity contribution in [2.45, 2.75) is 0 Å². The second-order valence-electron chi connectivity index (χ2n) is 4.81. The molecule has 0 spiro atoms. The van der Waals surface area contributed by atoms with E-state index in [0.717, 1.165) is 32.0 Å². The van der Waals surface area contributed by atoms with E-state index in [1.807, 2.05) is 11.0 Å². The van der Waals surface area contributed by atoms with Crippen LogP contribution in [0.2, 0.25) is 0 Å². The predicted octanol–water partition coefficient (Wildman–Crippen LogP) is 1.81. The third kappa shape index (κ3) is 2.92. The van der Waals surface area contributed by atoms with Crippen LogP contribution in [0.1, 0.15) is 5.56 Å². The predicted molar refractivity (Wildman–Crippen MR) is 77.6 cm³/mol. The number of rotatable bonds is 2. The summed E-state index contributed by atoms with van der Waals surface area (Å²) in [5.41, 5.74) is 0.606. The molecule has 0 amide bonds. The quantitative estimate of drug-likeness (QED) is 0.787. The molecule has 0 aliphatic carbocycles. The third-order valence-electron chi connectivity index (χ3n) is 3.50. The molecular formula is C15H14FN5. The van der Waals surface area contributed by atoms with Gasteiger partial charge in [-0.25, -0.2) is 9.97 Å². The van der Waals surface area contributed by atoms with Crippen LogP contribution in [0.3, 0.4) is 0 Å². The molecule has 2 aromatic rings. The number of nitriles is 1. The minimum atomic E-state index is -0.460. The van der Waals surface area contributed by atoms with Gasteiger partial charge in [-0.2, -0.15) is 9.65 Å². The van der Waals surface area contributed by atoms with Crippen molar-refractivity contribution in [1.82, 2.24) is 9.97 Å². The van der Waals surface area contributed by atoms with E-state index in [1.165, 1.54) is 6.07 Å². The first-order chi connectivity index (χ1) is 10.3. The molecule has 0 saturated carbocycles. The number of hydrogen-bond donors (Lipinski definition) is 0. The lowest BCUT2D eigenvalue weighted by molar-refractivity contribution is 0.574. The summed E-state index contributed by atoms with van der Waals surface area (Å²) < 4.78 is 13.2. The minimum Gasteiger partial charge on any atom is -0.353 e. The largest absolute Gasteiger partial charge is 0.353 e. The van der Waals surface area contributed by atoms with Gasteiger partial charge in [-0.15, -0.1) is 0 Å². The molecule has 1 aliphatic rings. The average Bonchev–Trinajstić information content (AvgIpc) is 2.55. The van der Waals surface area contributed by atoms with Gasteiger partial charge >= 0.3 is 0 Å². The van der Waals surface area contributed by atoms with Crippen LogP contribution in [-0.4, -0.2) is 36.1 Å². The van der Waals surface area contributed by atoms with Gasteiger partial charge in [0.1, 0.15) is 11.6 Å². The molecule has 3 rings (SSSR count). The Labute approximate surface area is 122 Å². The minimum absolute atomic E-state index is 0.460. The molecule has 0 unspecified atom stereocenters. The first-order valence-electron chi connectivity index (χ1n) is 6.75. The number of halogens is 1. The summed E-state index contributed by atoms with van der Waals surface area (Å²) in [7, 11) is 0. The fraction of sp³-hybridized carbons (Fsp3) is 0.267. The highest BCUT2D eigenvalue weighted by Crippen LogP contribution is 2.18. The topological polar surface area (TPSA) is 56.1 Å². The van der Waals surface area contributed by atoms with Gasteiger partial charge in [0.25, 0.3) is 0 Å². The second-order valence-corrected chi connectivity index (χ2v) is 4.81. The van der Waals surface area contributed by atoms with Crippen molar-refractivity contribution in [2.24, 2.45) is 0 Å². The zero-order chi connectivity index (χ0) is 14.7. The van der Waals surface area contributed by atoms with E-state index >= 15 is 0 Å². The van der Waals surface area contributed by atoms with Gasteiger partial charge in [-0.3, -0.25) is 0 Å². The van der Waals surface area contributed by atoms with Gasteiger partial charge in [-0.05, 0) is 24.3 Å². The van der Waals surface area contributed by atoms with Gasteiger partial charge < -0.3 is 9.80 Å². The van der Waals surface area contributed by atoms with Crippen molar-refractivity contribution >= 4 is 11.6 Å². The van der Waals surface area contributed by atoms with Crippen LogP contribution in [0, 0.1) is 17.3 Å². The molecule has 0 radical (unpaired) electrons. The Morgan fingerprint density at radius 1 is 1.05 bits per heavy atom. The highest BCUT2D eigenvalue weighted by atomic mass is 19.1. The number of pyridine rings is 2. The van der Waals surface area contributed by atoms with E-state index in [0.29, 0.717) is 11.4 Å². The molecule has 106 valence electrons. The lowest BCUT2D eigenvalue weighted by Gasteiger charge is -2.36. The summed E-state index contributed by atoms with van der Waals surface area (Å²) in [6.45, 7) is 3.02. The number of nitrogens with zero attached hydrogens (tertiary/aromatic N) is 5. The van der Waals surface area contributed by atoms with E-state index in [-0.39, 0.29) is 0 Å². The normalized spacial score (nSPS) is 14.9. The molecule has 1 fully saturated rings. The summed E-state index contributed by atoms with van der Waals surface area (Å²) in [6.07, 6.45) is 1.65. The summed E-state index contributed by atoms with van der Waals surface area (Å²) in [4.78, 5) is 12.4. The van der Waals surface area contributed by atoms with Gasteiger partial charge in [0.2, 0.25) is 5.95 Å². The van der Waals surface area contributed by atoms with Crippen molar-refractivity contribution in [3.05, 3.63) is 48.0 Å². The number of aromatic nitrogens is 2. The van der Waals surface area contributed by atoms with Crippen LogP contribution < -0.4 is 9.80 Å². The van der Waals surface area contributed by atoms with E-state index in [4.69, 9.17) is 5.26 Å². The van der Waals surface area contributed by atoms with Gasteiger partial charge in [0, 0.05) is 32.4 Å². The van der Waals surface area contributed by atoms with Crippen molar-refractivity contribution in [3.8, 4) is 6.07 Å². The van der Waals surface area contributed by atoms with E-state index in [1.54, 1.807) is 24.4 Å². The summed E-state index contributed by atoms with van der Waals surface area (Å²) >= 11 is 0. The summed E-state index contributed by atoms with van der Waals surface area (Å²) in [5.74, 6) is 1.01. The Bertz CT molecular complexity index is 674. The SMILES string of the molecule is N#Cc1ccnc(N2CCN(c3cccc(F)n3)CC2)c1. The molecule has 5 nitrogen and oxygen atoms in total. The molecule has 0 aromatic carbocycles. The zero-order valence-electron chi connectivity index (χ0n) is 11.4. The molecule has 1 saturated heterocycles. The fourth-order valence-electron chi connectivity index (χ4n) is 2.40. The second kappa shape index (κ2) is 5.75. The van der Waals surface area contributed by atoms with Gasteiger partial charge in [-0.1, -0.05) is 6.07 Å². The average molecular weight is 283 g/mol. The standard InChI is InChI=1S/C15H14FN5/c16-13-2-1-3-14(19-13)20-6-8-21(9-7-20)15-10-12(11-17)4-5-18-15/h1-5,10H,6-9H2. The molecule has 0 N–H and O–H groups in total. The molecule has 0 atom stereocenters. The highest BCUT2D eigenvalue weighted by molar-refractivity contribution is 5.47. The molecular weight excluding hydrogens is 269 g/mol. The van der Waals surface area contributed by atoms with Crippen LogP contribution in [-0.2, 0) is 0 Å². The van der Waals surface area contributed by atoms with Crippen molar-refractivity contribution < 1.29 is 4.39 Å². The number of anilines is 2. The first kappa shape index (κ1) is 13.3. The van der Waals surface area contributed by atoms with Crippen molar-refractivity contribution in [1.29, 1.82) is 5.26 Å². The van der Waals surface area contributed by atoms with Crippen LogP contribution >= 0.6 is 0 Å². The molecule has 6 heteroatoms. The maximum absolute atomic E-state index is 13.2. The third-order valence-corrected chi connectivity index (χ3v) is 3.50. The van der Waals surface area contributed by atoms with Gasteiger partial charge in [0.15, 0.2) is 0 Å². The monoisotopic (exact) mass is 283 g/mol. The first-order valence-corrected chi connectivity index (χ1v) is 6.75. The summed E-state index contributed by atoms with van der Waals surface area (Å²) in [6, 6.07) is 10.4. The molecule has 2 aromatic heterocycles. The Morgan fingerprint density at radius 3 is 2.43 bits per heavy atom. The maximum Gasteiger partial charge on any atom is 0.214 e. The van der Waals surface area contributed by atoms with Crippen molar-refractivity contribution in [2.75, 3.05) is 36.0 Å². The van der Waals surface area contributed by atoms with Gasteiger partial charge in [0.05, 0.1) is 11.6 Å². The zero-order valence-corrected chi connectivity index (χ0v) is 11.4. The van der Waals surface area contributed by atoms with E-state index in [9.17, 15) is 4.39 Å². The van der Waals surface area contributed by atoms with Crippen LogP contribution in [0.15, 0.2) is 36.5 Å². The summed E-state index contributed by atoms with van der Waals surface area (Å²) in [5, 5.41) is 8.93. The maximum atomic E-state index is 13.2. The van der Waals surface area contributed by atoms with Crippen molar-refractivity contribution in [3.63, 3.8) is 0 Å². The number of hydrogen-bond acceptors (Lipinski definition) is 5. The highest BCUT2D eigenvalue weighted by Gasteiger charge is 2.19. The smallest absolute Gasteiger partial charge is 0.214 e. The Hall–Kier alpha value is -2.68. The number of piperazine rings is 1. The van der Waals surface area contributed by atoms with Crippen LogP contribution in [0.4, 0.5) is 16.0 Å². The lowest BCUT2D eigenvalue weighted by Crippen LogP contribution is -2.47. The van der Waals surface area contributed by atoms with E-state index in [2.05, 4.69) is 20.9 Å². The Balaban J connectivity index is 1.69. The Morgan fingerprint density at radius 2 is 1.76 bits per heavy atom. The lowest BCUT2D eigenvalue weighted by atomic mass is 10.2. The van der Waals surface area contributed by atoms with Crippen LogP contribution in [0.25, 0.3) is 0 Å². The Kier molecular flexibility index (Phi) is 3.65. The van der Waals surface area contributed by atoms with Crippen LogP contribution in [0.5, 0.6) is 0 Å². The molecule has 21 heavy (non-hydrogen) atoms. The molecule has 1 aliphatic heterocycles. The fourth-order valence-corrected chi connectivity index (χ4v) is 2.40. The molecule has 0 bridgehead atoms.